The molecule has 1 unspecified atom stereocenters. The number of halogens is 1. The largest absolute Gasteiger partial charge is 0.396 e. The Kier molecular flexibility index (Phi) is 3.83. The van der Waals surface area contributed by atoms with Gasteiger partial charge in [-0.1, -0.05) is 6.92 Å². The van der Waals surface area contributed by atoms with Crippen LogP contribution in [0.4, 0.5) is 0 Å². The topological polar surface area (TPSA) is 50.4 Å². The average Bonchev–Trinajstić information content (AvgIpc) is 2.73. The lowest BCUT2D eigenvalue weighted by molar-refractivity contribution is 0.250. The summed E-state index contributed by atoms with van der Waals surface area (Å²) in [5, 5.41) is 9.87. The molecule has 0 amide bonds. The van der Waals surface area contributed by atoms with E-state index in [1.54, 1.807) is 18.0 Å². The SMILES string of the molecule is CC(CO)CSc1nc(Br)cn2ccnc12. The Balaban J connectivity index is 2.25. The summed E-state index contributed by atoms with van der Waals surface area (Å²) in [7, 11) is 0. The normalized spacial score (nSPS) is 13.2. The quantitative estimate of drug-likeness (QED) is 0.880. The molecule has 86 valence electrons. The first-order chi connectivity index (χ1) is 7.70. The predicted molar refractivity (Wildman–Crippen MR) is 67.7 cm³/mol. The van der Waals surface area contributed by atoms with Gasteiger partial charge in [-0.2, -0.15) is 0 Å². The molecule has 0 aliphatic heterocycles. The minimum absolute atomic E-state index is 0.200. The zero-order valence-corrected chi connectivity index (χ0v) is 11.2. The van der Waals surface area contributed by atoms with Crippen molar-refractivity contribution in [1.29, 1.82) is 0 Å². The highest BCUT2D eigenvalue weighted by atomic mass is 79.9. The maximum Gasteiger partial charge on any atom is 0.169 e. The number of imidazole rings is 1. The molecule has 0 saturated heterocycles. The van der Waals surface area contributed by atoms with Crippen molar-refractivity contribution in [1.82, 2.24) is 14.4 Å². The number of rotatable bonds is 4. The molecule has 0 spiro atoms. The Hall–Kier alpha value is -0.590. The molecule has 6 heteroatoms. The number of hydrogen-bond donors (Lipinski definition) is 1. The Morgan fingerprint density at radius 2 is 2.44 bits per heavy atom. The molecule has 2 aromatic heterocycles. The third-order valence-electron chi connectivity index (χ3n) is 2.13. The standard InChI is InChI=1S/C10H12BrN3OS/c1-7(5-15)6-16-10-9-12-2-3-14(9)4-8(11)13-10/h2-4,7,15H,5-6H2,1H3. The number of aromatic nitrogens is 3. The lowest BCUT2D eigenvalue weighted by Crippen LogP contribution is -2.04. The summed E-state index contributed by atoms with van der Waals surface area (Å²) >= 11 is 4.99. The van der Waals surface area contributed by atoms with E-state index in [0.29, 0.717) is 0 Å². The predicted octanol–water partition coefficient (Wildman–Crippen LogP) is 2.21. The Labute approximate surface area is 106 Å². The van der Waals surface area contributed by atoms with Gasteiger partial charge in [0.15, 0.2) is 5.65 Å². The van der Waals surface area contributed by atoms with E-state index in [2.05, 4.69) is 25.9 Å². The van der Waals surface area contributed by atoms with Crippen LogP contribution >= 0.6 is 27.7 Å². The number of fused-ring (bicyclic) bond motifs is 1. The van der Waals surface area contributed by atoms with E-state index in [1.807, 2.05) is 23.7 Å². The summed E-state index contributed by atoms with van der Waals surface area (Å²) < 4.78 is 2.72. The van der Waals surface area contributed by atoms with E-state index in [1.165, 1.54) is 0 Å². The van der Waals surface area contributed by atoms with Gasteiger partial charge in [-0.3, -0.25) is 0 Å². The molecule has 2 heterocycles. The molecule has 1 N–H and O–H groups in total. The summed E-state index contributed by atoms with van der Waals surface area (Å²) in [4.78, 5) is 8.65. The van der Waals surface area contributed by atoms with E-state index in [0.717, 1.165) is 21.0 Å². The molecule has 2 rings (SSSR count). The van der Waals surface area contributed by atoms with Crippen LogP contribution in [0.25, 0.3) is 5.65 Å². The molecule has 2 aromatic rings. The van der Waals surface area contributed by atoms with Gasteiger partial charge in [0.1, 0.15) is 9.63 Å². The summed E-state index contributed by atoms with van der Waals surface area (Å²) in [5.41, 5.74) is 0.860. The van der Waals surface area contributed by atoms with Gasteiger partial charge < -0.3 is 9.51 Å². The highest BCUT2D eigenvalue weighted by Crippen LogP contribution is 2.24. The second kappa shape index (κ2) is 5.16. The van der Waals surface area contributed by atoms with E-state index < -0.39 is 0 Å². The summed E-state index contributed by atoms with van der Waals surface area (Å²) in [6.45, 7) is 2.21. The second-order valence-electron chi connectivity index (χ2n) is 3.63. The Bertz CT molecular complexity index is 488. The van der Waals surface area contributed by atoms with Crippen LogP contribution in [0.15, 0.2) is 28.2 Å². The monoisotopic (exact) mass is 301 g/mol. The molecule has 1 atom stereocenters. The molecule has 0 fully saturated rings. The van der Waals surface area contributed by atoms with Gasteiger partial charge in [-0.15, -0.1) is 11.8 Å². The lowest BCUT2D eigenvalue weighted by atomic mass is 10.2. The minimum Gasteiger partial charge on any atom is -0.396 e. The van der Waals surface area contributed by atoms with Crippen LogP contribution in [0.1, 0.15) is 6.92 Å². The fourth-order valence-electron chi connectivity index (χ4n) is 1.24. The van der Waals surface area contributed by atoms with Crippen molar-refractivity contribution in [2.24, 2.45) is 5.92 Å². The van der Waals surface area contributed by atoms with Gasteiger partial charge in [-0.25, -0.2) is 9.97 Å². The molecule has 0 radical (unpaired) electrons. The summed E-state index contributed by atoms with van der Waals surface area (Å²) in [6, 6.07) is 0. The van der Waals surface area contributed by atoms with Crippen molar-refractivity contribution in [2.45, 2.75) is 11.9 Å². The molecule has 0 aromatic carbocycles. The zero-order chi connectivity index (χ0) is 11.5. The van der Waals surface area contributed by atoms with Crippen molar-refractivity contribution < 1.29 is 5.11 Å². The van der Waals surface area contributed by atoms with Crippen molar-refractivity contribution in [3.63, 3.8) is 0 Å². The molecule has 0 bridgehead atoms. The maximum absolute atomic E-state index is 8.98. The number of aliphatic hydroxyl groups excluding tert-OH is 1. The van der Waals surface area contributed by atoms with Crippen molar-refractivity contribution in [2.75, 3.05) is 12.4 Å². The molecule has 4 nitrogen and oxygen atoms in total. The van der Waals surface area contributed by atoms with E-state index in [-0.39, 0.29) is 12.5 Å². The third kappa shape index (κ3) is 2.56. The summed E-state index contributed by atoms with van der Waals surface area (Å²) in [5.74, 6) is 1.10. The first-order valence-electron chi connectivity index (χ1n) is 4.93. The number of hydrogen-bond acceptors (Lipinski definition) is 4. The molecule has 16 heavy (non-hydrogen) atoms. The van der Waals surface area contributed by atoms with Gasteiger partial charge in [0.25, 0.3) is 0 Å². The van der Waals surface area contributed by atoms with Crippen LogP contribution in [0.5, 0.6) is 0 Å². The second-order valence-corrected chi connectivity index (χ2v) is 5.45. The van der Waals surface area contributed by atoms with Crippen LogP contribution in [-0.2, 0) is 0 Å². The lowest BCUT2D eigenvalue weighted by Gasteiger charge is -2.07. The third-order valence-corrected chi connectivity index (χ3v) is 3.80. The molecule has 0 aliphatic rings. The average molecular weight is 302 g/mol. The number of aliphatic hydroxyl groups is 1. The van der Waals surface area contributed by atoms with Crippen LogP contribution < -0.4 is 0 Å². The molecule has 0 aliphatic carbocycles. The highest BCUT2D eigenvalue weighted by Gasteiger charge is 2.09. The van der Waals surface area contributed by atoms with E-state index >= 15 is 0 Å². The molecular weight excluding hydrogens is 290 g/mol. The first kappa shape index (κ1) is 11.9. The highest BCUT2D eigenvalue weighted by molar-refractivity contribution is 9.10. The number of thioether (sulfide) groups is 1. The fourth-order valence-corrected chi connectivity index (χ4v) is 2.76. The summed E-state index contributed by atoms with van der Waals surface area (Å²) in [6.07, 6.45) is 5.52. The van der Waals surface area contributed by atoms with Crippen molar-refractivity contribution in [3.05, 3.63) is 23.2 Å². The maximum atomic E-state index is 8.98. The van der Waals surface area contributed by atoms with Crippen LogP contribution in [-0.4, -0.2) is 31.8 Å². The van der Waals surface area contributed by atoms with Gasteiger partial charge >= 0.3 is 0 Å². The van der Waals surface area contributed by atoms with Crippen molar-refractivity contribution in [3.8, 4) is 0 Å². The Morgan fingerprint density at radius 3 is 3.19 bits per heavy atom. The first-order valence-corrected chi connectivity index (χ1v) is 6.71. The van der Waals surface area contributed by atoms with E-state index in [9.17, 15) is 0 Å². The Morgan fingerprint density at radius 1 is 1.62 bits per heavy atom. The van der Waals surface area contributed by atoms with Crippen molar-refractivity contribution >= 4 is 33.3 Å². The van der Waals surface area contributed by atoms with Gasteiger partial charge in [0, 0.05) is 31.0 Å². The smallest absolute Gasteiger partial charge is 0.169 e. The molecular formula is C10H12BrN3OS. The van der Waals surface area contributed by atoms with Crippen LogP contribution in [0.2, 0.25) is 0 Å². The van der Waals surface area contributed by atoms with E-state index in [4.69, 9.17) is 5.11 Å². The molecule has 0 saturated carbocycles. The van der Waals surface area contributed by atoms with Crippen LogP contribution in [0.3, 0.4) is 0 Å². The van der Waals surface area contributed by atoms with Crippen LogP contribution in [0, 0.1) is 5.92 Å². The number of nitrogens with zero attached hydrogens (tertiary/aromatic N) is 3. The fraction of sp³-hybridized carbons (Fsp3) is 0.400. The minimum atomic E-state index is 0.200. The zero-order valence-electron chi connectivity index (χ0n) is 8.80. The van der Waals surface area contributed by atoms with Gasteiger partial charge in [-0.05, 0) is 21.8 Å². The van der Waals surface area contributed by atoms with Gasteiger partial charge in [0.05, 0.1) is 0 Å². The van der Waals surface area contributed by atoms with Gasteiger partial charge in [0.2, 0.25) is 0 Å².